The fraction of sp³-hybridized carbons (Fsp3) is 0.118. The molecule has 132 valence electrons. The summed E-state index contributed by atoms with van der Waals surface area (Å²) in [6.45, 7) is 3.87. The third-order valence-electron chi connectivity index (χ3n) is 3.84. The summed E-state index contributed by atoms with van der Waals surface area (Å²) < 4.78 is 3.09. The second-order valence-electron chi connectivity index (χ2n) is 5.64. The molecule has 0 saturated heterocycles. The van der Waals surface area contributed by atoms with Gasteiger partial charge in [0.05, 0.1) is 11.3 Å². The predicted molar refractivity (Wildman–Crippen MR) is 99.1 cm³/mol. The molecule has 0 aliphatic rings. The van der Waals surface area contributed by atoms with Crippen molar-refractivity contribution in [3.8, 4) is 22.8 Å². The van der Waals surface area contributed by atoms with Crippen LogP contribution in [-0.4, -0.2) is 34.5 Å². The minimum Gasteiger partial charge on any atom is -0.296 e. The lowest BCUT2D eigenvalue weighted by atomic mass is 10.2. The summed E-state index contributed by atoms with van der Waals surface area (Å²) in [6, 6.07) is 7.30. The normalized spacial score (nSPS) is 10.5. The van der Waals surface area contributed by atoms with E-state index in [2.05, 4.69) is 25.1 Å². The van der Waals surface area contributed by atoms with E-state index in [1.54, 1.807) is 35.4 Å². The van der Waals surface area contributed by atoms with Crippen LogP contribution in [0.5, 0.6) is 0 Å². The van der Waals surface area contributed by atoms with Crippen LogP contribution in [0, 0.1) is 13.8 Å². The number of hydrogen-bond donors (Lipinski definition) is 1. The molecule has 0 saturated carbocycles. The van der Waals surface area contributed by atoms with Crippen molar-refractivity contribution in [2.45, 2.75) is 13.8 Å². The van der Waals surface area contributed by atoms with Crippen LogP contribution in [0.3, 0.4) is 0 Å². The van der Waals surface area contributed by atoms with Gasteiger partial charge in [-0.05, 0) is 26.0 Å². The van der Waals surface area contributed by atoms with Gasteiger partial charge in [0.15, 0.2) is 11.6 Å². The van der Waals surface area contributed by atoms with Crippen molar-refractivity contribution >= 4 is 12.4 Å². The molecule has 4 heterocycles. The lowest BCUT2D eigenvalue weighted by Crippen LogP contribution is -2.17. The van der Waals surface area contributed by atoms with E-state index in [0.717, 1.165) is 17.0 Å². The second kappa shape index (κ2) is 6.93. The minimum absolute atomic E-state index is 0. The summed E-state index contributed by atoms with van der Waals surface area (Å²) in [4.78, 5) is 25.2. The summed E-state index contributed by atoms with van der Waals surface area (Å²) >= 11 is 0. The Morgan fingerprint density at radius 2 is 1.92 bits per heavy atom. The largest absolute Gasteiger partial charge is 0.296 e. The van der Waals surface area contributed by atoms with Gasteiger partial charge < -0.3 is 0 Å². The van der Waals surface area contributed by atoms with E-state index in [9.17, 15) is 4.79 Å². The number of aromatic nitrogens is 7. The number of H-pyrrole nitrogens is 1. The zero-order valence-electron chi connectivity index (χ0n) is 14.1. The van der Waals surface area contributed by atoms with Crippen molar-refractivity contribution < 1.29 is 0 Å². The Labute approximate surface area is 155 Å². The van der Waals surface area contributed by atoms with E-state index in [-0.39, 0.29) is 18.0 Å². The highest BCUT2D eigenvalue weighted by atomic mass is 35.5. The van der Waals surface area contributed by atoms with Crippen LogP contribution >= 0.6 is 12.4 Å². The zero-order valence-corrected chi connectivity index (χ0v) is 14.9. The maximum atomic E-state index is 12.7. The van der Waals surface area contributed by atoms with Gasteiger partial charge in [0.2, 0.25) is 0 Å². The van der Waals surface area contributed by atoms with Crippen molar-refractivity contribution in [3.05, 3.63) is 70.9 Å². The maximum Gasteiger partial charge on any atom is 0.280 e. The Balaban J connectivity index is 0.00000196. The van der Waals surface area contributed by atoms with Crippen LogP contribution in [-0.2, 0) is 0 Å². The zero-order chi connectivity index (χ0) is 17.4. The van der Waals surface area contributed by atoms with Crippen molar-refractivity contribution in [2.24, 2.45) is 0 Å². The first kappa shape index (κ1) is 17.6. The first-order chi connectivity index (χ1) is 12.1. The average molecular weight is 370 g/mol. The van der Waals surface area contributed by atoms with Gasteiger partial charge in [0, 0.05) is 35.9 Å². The van der Waals surface area contributed by atoms with Crippen molar-refractivity contribution in [1.82, 2.24) is 34.5 Å². The molecule has 0 amide bonds. The number of aryl methyl sites for hydroxylation is 2. The Bertz CT molecular complexity index is 1100. The molecule has 1 N–H and O–H groups in total. The number of rotatable bonds is 3. The molecule has 26 heavy (non-hydrogen) atoms. The number of pyridine rings is 1. The summed E-state index contributed by atoms with van der Waals surface area (Å²) in [7, 11) is 0. The Hall–Kier alpha value is -3.26. The number of halogens is 1. The number of nitrogens with one attached hydrogen (secondary N) is 1. The van der Waals surface area contributed by atoms with Gasteiger partial charge >= 0.3 is 0 Å². The molecule has 0 unspecified atom stereocenters. The lowest BCUT2D eigenvalue weighted by molar-refractivity contribution is 0.773. The fourth-order valence-corrected chi connectivity index (χ4v) is 2.71. The van der Waals surface area contributed by atoms with E-state index < -0.39 is 0 Å². The maximum absolute atomic E-state index is 12.7. The molecule has 4 rings (SSSR count). The summed E-state index contributed by atoms with van der Waals surface area (Å²) in [5.74, 6) is 1.04. The van der Waals surface area contributed by atoms with Gasteiger partial charge in [0.1, 0.15) is 6.33 Å². The summed E-state index contributed by atoms with van der Waals surface area (Å²) in [5, 5.41) is 7.35. The van der Waals surface area contributed by atoms with E-state index in [4.69, 9.17) is 0 Å². The standard InChI is InChI=1S/C17H15N7O.ClH/c1-11-6-12(2)23(22-11)15-7-16(20-10-19-15)24-17(25)14(9-21-24)13-4-3-5-18-8-13;/h3-10,21H,1-2H3;1H. The van der Waals surface area contributed by atoms with E-state index in [1.165, 1.54) is 11.0 Å². The third kappa shape index (κ3) is 3.02. The van der Waals surface area contributed by atoms with Crippen LogP contribution < -0.4 is 5.56 Å². The molecule has 0 aliphatic carbocycles. The highest BCUT2D eigenvalue weighted by Gasteiger charge is 2.13. The highest BCUT2D eigenvalue weighted by Crippen LogP contribution is 2.15. The molecule has 0 fully saturated rings. The monoisotopic (exact) mass is 369 g/mol. The lowest BCUT2D eigenvalue weighted by Gasteiger charge is -2.05. The van der Waals surface area contributed by atoms with Gasteiger partial charge in [-0.2, -0.15) is 5.10 Å². The average Bonchev–Trinajstić information content (AvgIpc) is 3.17. The number of nitrogens with zero attached hydrogens (tertiary/aromatic N) is 6. The van der Waals surface area contributed by atoms with E-state index >= 15 is 0 Å². The number of aromatic amines is 1. The smallest absolute Gasteiger partial charge is 0.280 e. The first-order valence-electron chi connectivity index (χ1n) is 7.70. The molecule has 0 aliphatic heterocycles. The highest BCUT2D eigenvalue weighted by molar-refractivity contribution is 5.85. The van der Waals surface area contributed by atoms with Crippen LogP contribution in [0.4, 0.5) is 0 Å². The first-order valence-corrected chi connectivity index (χ1v) is 7.70. The van der Waals surface area contributed by atoms with E-state index in [1.807, 2.05) is 26.0 Å². The Kier molecular flexibility index (Phi) is 4.68. The molecule has 0 atom stereocenters. The SMILES string of the molecule is Cc1cc(C)n(-c2cc(-n3[nH]cc(-c4cccnc4)c3=O)ncn2)n1.Cl. The van der Waals surface area contributed by atoms with Crippen molar-refractivity contribution in [3.63, 3.8) is 0 Å². The van der Waals surface area contributed by atoms with E-state index in [0.29, 0.717) is 17.2 Å². The Morgan fingerprint density at radius 3 is 2.62 bits per heavy atom. The topological polar surface area (TPSA) is 94.3 Å². The molecule has 9 heteroatoms. The van der Waals surface area contributed by atoms with Crippen molar-refractivity contribution in [1.29, 1.82) is 0 Å². The van der Waals surface area contributed by atoms with Gasteiger partial charge in [-0.25, -0.2) is 19.3 Å². The molecule has 8 nitrogen and oxygen atoms in total. The molecule has 0 aromatic carbocycles. The fourth-order valence-electron chi connectivity index (χ4n) is 2.71. The predicted octanol–water partition coefficient (Wildman–Crippen LogP) is 2.24. The molecule has 0 spiro atoms. The summed E-state index contributed by atoms with van der Waals surface area (Å²) in [6.07, 6.45) is 6.37. The summed E-state index contributed by atoms with van der Waals surface area (Å²) in [5.41, 5.74) is 2.92. The third-order valence-corrected chi connectivity index (χ3v) is 3.84. The van der Waals surface area contributed by atoms with Crippen molar-refractivity contribution in [2.75, 3.05) is 0 Å². The molecule has 4 aromatic heterocycles. The van der Waals surface area contributed by atoms with Crippen LogP contribution in [0.2, 0.25) is 0 Å². The van der Waals surface area contributed by atoms with Crippen LogP contribution in [0.15, 0.2) is 54.0 Å². The van der Waals surface area contributed by atoms with Gasteiger partial charge in [-0.3, -0.25) is 14.9 Å². The number of hydrogen-bond acceptors (Lipinski definition) is 5. The molecule has 0 radical (unpaired) electrons. The molecule has 4 aromatic rings. The Morgan fingerprint density at radius 1 is 1.12 bits per heavy atom. The minimum atomic E-state index is -0.203. The molecular formula is C17H16ClN7O. The molecular weight excluding hydrogens is 354 g/mol. The van der Waals surface area contributed by atoms with Gasteiger partial charge in [-0.1, -0.05) is 6.07 Å². The molecule has 0 bridgehead atoms. The second-order valence-corrected chi connectivity index (χ2v) is 5.64. The van der Waals surface area contributed by atoms with Gasteiger partial charge in [-0.15, -0.1) is 12.4 Å². The van der Waals surface area contributed by atoms with Gasteiger partial charge in [0.25, 0.3) is 5.56 Å². The van der Waals surface area contributed by atoms with Crippen LogP contribution in [0.1, 0.15) is 11.4 Å². The quantitative estimate of drug-likeness (QED) is 0.597. The van der Waals surface area contributed by atoms with Crippen LogP contribution in [0.25, 0.3) is 22.8 Å².